The molecule has 3 heterocycles. The van der Waals surface area contributed by atoms with E-state index in [-0.39, 0.29) is 11.3 Å². The lowest BCUT2D eigenvalue weighted by Gasteiger charge is -2.24. The Bertz CT molecular complexity index is 1450. The highest BCUT2D eigenvalue weighted by atomic mass is 32.1. The van der Waals surface area contributed by atoms with Crippen LogP contribution in [0.3, 0.4) is 0 Å². The number of amides is 1. The lowest BCUT2D eigenvalue weighted by Crippen LogP contribution is -2.30. The van der Waals surface area contributed by atoms with Gasteiger partial charge in [0.25, 0.3) is 5.91 Å². The number of Topliss-reactive ketones (excluding diaryl/α,β-unsaturated/α-hetero) is 1. The first kappa shape index (κ1) is 21.7. The van der Waals surface area contributed by atoms with Gasteiger partial charge in [-0.25, -0.2) is 4.98 Å². The number of carbonyl (C=O) groups is 2. The molecule has 0 fully saturated rings. The number of nitrogens with zero attached hydrogens (tertiary/aromatic N) is 2. The van der Waals surface area contributed by atoms with Crippen LogP contribution in [0.1, 0.15) is 27.9 Å². The van der Waals surface area contributed by atoms with Crippen LogP contribution >= 0.6 is 11.3 Å². The third kappa shape index (κ3) is 3.50. The molecule has 2 aromatic carbocycles. The summed E-state index contributed by atoms with van der Waals surface area (Å²) in [6.45, 7) is 1.72. The maximum Gasteiger partial charge on any atom is 0.296 e. The summed E-state index contributed by atoms with van der Waals surface area (Å²) in [7, 11) is 3.12. The molecule has 0 saturated carbocycles. The molecular weight excluding hydrogens is 456 g/mol. The first-order chi connectivity index (χ1) is 16.4. The molecule has 1 aliphatic rings. The van der Waals surface area contributed by atoms with Gasteiger partial charge in [0.15, 0.2) is 16.7 Å². The average Bonchev–Trinajstić information content (AvgIpc) is 3.54. The maximum absolute atomic E-state index is 13.4. The molecule has 0 saturated heterocycles. The van der Waals surface area contributed by atoms with Gasteiger partial charge in [0, 0.05) is 0 Å². The average molecular weight is 477 g/mol. The Hall–Kier alpha value is -4.11. The standard InChI is InChI=1S/C25H20N2O6S/c1-13-4-11-18(33-13)22(28)20-21(14-5-7-15(31-2)8-6-14)27(24(30)23(20)29)25-26-17-10-9-16(32-3)12-19(17)34-25/h4-12,21,29H,1-3H3. The first-order valence-electron chi connectivity index (χ1n) is 10.4. The first-order valence-corrected chi connectivity index (χ1v) is 11.2. The summed E-state index contributed by atoms with van der Waals surface area (Å²) in [6, 6.07) is 14.6. The molecule has 1 atom stereocenters. The number of aliphatic hydroxyl groups is 1. The van der Waals surface area contributed by atoms with Gasteiger partial charge in [-0.1, -0.05) is 23.5 Å². The lowest BCUT2D eigenvalue weighted by atomic mass is 9.95. The van der Waals surface area contributed by atoms with E-state index in [2.05, 4.69) is 4.98 Å². The molecule has 9 heteroatoms. The van der Waals surface area contributed by atoms with E-state index < -0.39 is 23.5 Å². The van der Waals surface area contributed by atoms with E-state index in [0.29, 0.717) is 33.5 Å². The number of rotatable bonds is 6. The minimum atomic E-state index is -0.904. The van der Waals surface area contributed by atoms with Crippen molar-refractivity contribution in [2.24, 2.45) is 0 Å². The van der Waals surface area contributed by atoms with Crippen LogP contribution in [-0.4, -0.2) is 36.0 Å². The van der Waals surface area contributed by atoms with Crippen molar-refractivity contribution in [1.29, 1.82) is 0 Å². The summed E-state index contributed by atoms with van der Waals surface area (Å²) in [5.41, 5.74) is 1.21. The van der Waals surface area contributed by atoms with Gasteiger partial charge < -0.3 is 19.0 Å². The summed E-state index contributed by atoms with van der Waals surface area (Å²) >= 11 is 1.27. The number of aromatic nitrogens is 1. The molecule has 8 nitrogen and oxygen atoms in total. The van der Waals surface area contributed by atoms with Gasteiger partial charge >= 0.3 is 0 Å². The summed E-state index contributed by atoms with van der Waals surface area (Å²) in [5.74, 6) is -0.0335. The molecule has 4 aromatic rings. The van der Waals surface area contributed by atoms with Crippen LogP contribution < -0.4 is 14.4 Å². The minimum absolute atomic E-state index is 0.0428. The molecule has 2 aromatic heterocycles. The summed E-state index contributed by atoms with van der Waals surface area (Å²) < 4.78 is 16.8. The van der Waals surface area contributed by atoms with Crippen LogP contribution in [0, 0.1) is 6.92 Å². The fourth-order valence-electron chi connectivity index (χ4n) is 3.95. The number of hydrogen-bond donors (Lipinski definition) is 1. The van der Waals surface area contributed by atoms with E-state index in [1.165, 1.54) is 22.3 Å². The topological polar surface area (TPSA) is 102 Å². The Balaban J connectivity index is 1.66. The van der Waals surface area contributed by atoms with Crippen molar-refractivity contribution in [3.05, 3.63) is 83.0 Å². The van der Waals surface area contributed by atoms with Crippen molar-refractivity contribution >= 4 is 38.4 Å². The molecule has 0 spiro atoms. The van der Waals surface area contributed by atoms with Crippen molar-refractivity contribution in [3.8, 4) is 11.5 Å². The van der Waals surface area contributed by atoms with Gasteiger partial charge in [-0.2, -0.15) is 0 Å². The number of anilines is 1. The molecule has 34 heavy (non-hydrogen) atoms. The van der Waals surface area contributed by atoms with Crippen molar-refractivity contribution in [1.82, 2.24) is 4.98 Å². The molecular formula is C25H20N2O6S. The van der Waals surface area contributed by atoms with Crippen LogP contribution in [0.2, 0.25) is 0 Å². The SMILES string of the molecule is COc1ccc(C2C(C(=O)c3ccc(C)o3)=C(O)C(=O)N2c2nc3ccc(OC)cc3s2)cc1. The zero-order valence-corrected chi connectivity index (χ0v) is 19.4. The van der Waals surface area contributed by atoms with Gasteiger partial charge in [-0.3, -0.25) is 14.5 Å². The summed E-state index contributed by atoms with van der Waals surface area (Å²) in [6.07, 6.45) is 0. The number of methoxy groups -OCH3 is 2. The third-order valence-corrected chi connectivity index (χ3v) is 6.66. The second-order valence-corrected chi connectivity index (χ2v) is 8.69. The van der Waals surface area contributed by atoms with Crippen LogP contribution in [0.5, 0.6) is 11.5 Å². The number of furan rings is 1. The zero-order chi connectivity index (χ0) is 24.0. The number of hydrogen-bond acceptors (Lipinski definition) is 8. The molecule has 1 amide bonds. The van der Waals surface area contributed by atoms with E-state index >= 15 is 0 Å². The van der Waals surface area contributed by atoms with Crippen LogP contribution in [0.25, 0.3) is 10.2 Å². The Morgan fingerprint density at radius 1 is 1.06 bits per heavy atom. The highest BCUT2D eigenvalue weighted by Crippen LogP contribution is 2.44. The van der Waals surface area contributed by atoms with E-state index in [4.69, 9.17) is 13.9 Å². The Labute approximate surface area is 198 Å². The van der Waals surface area contributed by atoms with Crippen LogP contribution in [0.4, 0.5) is 5.13 Å². The maximum atomic E-state index is 13.4. The van der Waals surface area contributed by atoms with Crippen molar-refractivity contribution in [2.75, 3.05) is 19.1 Å². The van der Waals surface area contributed by atoms with Gasteiger partial charge in [-0.05, 0) is 55.0 Å². The number of aryl methyl sites for hydroxylation is 1. The van der Waals surface area contributed by atoms with Gasteiger partial charge in [0.1, 0.15) is 17.3 Å². The summed E-state index contributed by atoms with van der Waals surface area (Å²) in [4.78, 5) is 32.7. The smallest absolute Gasteiger partial charge is 0.296 e. The number of fused-ring (bicyclic) bond motifs is 1. The minimum Gasteiger partial charge on any atom is -0.503 e. The molecule has 1 unspecified atom stereocenters. The molecule has 5 rings (SSSR count). The molecule has 0 bridgehead atoms. The second-order valence-electron chi connectivity index (χ2n) is 7.68. The van der Waals surface area contributed by atoms with E-state index in [1.54, 1.807) is 63.6 Å². The van der Waals surface area contributed by atoms with E-state index in [1.807, 2.05) is 6.07 Å². The van der Waals surface area contributed by atoms with E-state index in [0.717, 1.165) is 4.70 Å². The van der Waals surface area contributed by atoms with Gasteiger partial charge in [0.2, 0.25) is 5.78 Å². The Morgan fingerprint density at radius 3 is 2.41 bits per heavy atom. The van der Waals surface area contributed by atoms with Gasteiger partial charge in [-0.15, -0.1) is 0 Å². The van der Waals surface area contributed by atoms with E-state index in [9.17, 15) is 14.7 Å². The third-order valence-electron chi connectivity index (χ3n) is 5.64. The molecule has 0 radical (unpaired) electrons. The summed E-state index contributed by atoms with van der Waals surface area (Å²) in [5, 5.41) is 11.2. The molecule has 172 valence electrons. The number of carbonyl (C=O) groups excluding carboxylic acids is 2. The van der Waals surface area contributed by atoms with Crippen molar-refractivity contribution in [2.45, 2.75) is 13.0 Å². The fraction of sp³-hybridized carbons (Fsp3) is 0.160. The molecule has 1 N–H and O–H groups in total. The second kappa shape index (κ2) is 8.35. The Morgan fingerprint density at radius 2 is 1.76 bits per heavy atom. The molecule has 1 aliphatic heterocycles. The van der Waals surface area contributed by atoms with Crippen LogP contribution in [0.15, 0.2) is 70.3 Å². The van der Waals surface area contributed by atoms with Gasteiger partial charge in [0.05, 0.1) is 36.1 Å². The van der Waals surface area contributed by atoms with Crippen molar-refractivity contribution < 1.29 is 28.6 Å². The Kier molecular flexibility index (Phi) is 5.33. The normalized spacial score (nSPS) is 15.9. The number of benzene rings is 2. The predicted molar refractivity (Wildman–Crippen MR) is 127 cm³/mol. The highest BCUT2D eigenvalue weighted by Gasteiger charge is 2.46. The quantitative estimate of drug-likeness (QED) is 0.391. The van der Waals surface area contributed by atoms with Crippen LogP contribution in [-0.2, 0) is 4.79 Å². The van der Waals surface area contributed by atoms with Crippen molar-refractivity contribution in [3.63, 3.8) is 0 Å². The number of ketones is 1. The number of thiazole rings is 1. The highest BCUT2D eigenvalue weighted by molar-refractivity contribution is 7.22. The molecule has 0 aliphatic carbocycles. The number of ether oxygens (including phenoxy) is 2. The number of aliphatic hydroxyl groups excluding tert-OH is 1. The fourth-order valence-corrected chi connectivity index (χ4v) is 4.97. The largest absolute Gasteiger partial charge is 0.503 e. The zero-order valence-electron chi connectivity index (χ0n) is 18.6. The monoisotopic (exact) mass is 476 g/mol. The lowest BCUT2D eigenvalue weighted by molar-refractivity contribution is -0.117. The predicted octanol–water partition coefficient (Wildman–Crippen LogP) is 5.00.